The van der Waals surface area contributed by atoms with Crippen LogP contribution in [0.4, 0.5) is 5.13 Å². The van der Waals surface area contributed by atoms with Crippen LogP contribution in [-0.2, 0) is 4.74 Å². The topological polar surface area (TPSA) is 54.7 Å². The number of hydrogen-bond donors (Lipinski definition) is 1. The SMILES string of the molecule is COCCCN1CCC(Nc2nn3cc(-c4ccc(Cl)cc4)nc3s2)CC1. The van der Waals surface area contributed by atoms with Gasteiger partial charge in [0.1, 0.15) is 0 Å². The van der Waals surface area contributed by atoms with Crippen LogP contribution in [0.5, 0.6) is 0 Å². The van der Waals surface area contributed by atoms with Crippen molar-refractivity contribution in [1.82, 2.24) is 19.5 Å². The van der Waals surface area contributed by atoms with Gasteiger partial charge in [-0.05, 0) is 31.4 Å². The molecule has 0 saturated carbocycles. The van der Waals surface area contributed by atoms with Crippen LogP contribution < -0.4 is 5.32 Å². The maximum Gasteiger partial charge on any atom is 0.214 e. The highest BCUT2D eigenvalue weighted by Crippen LogP contribution is 2.26. The van der Waals surface area contributed by atoms with Crippen molar-refractivity contribution in [2.75, 3.05) is 38.7 Å². The summed E-state index contributed by atoms with van der Waals surface area (Å²) in [7, 11) is 1.76. The highest BCUT2D eigenvalue weighted by Gasteiger charge is 2.20. The fourth-order valence-corrected chi connectivity index (χ4v) is 4.41. The first kappa shape index (κ1) is 18.7. The normalized spacial score (nSPS) is 16.2. The molecule has 3 aromatic rings. The van der Waals surface area contributed by atoms with Gasteiger partial charge < -0.3 is 15.0 Å². The van der Waals surface area contributed by atoms with Crippen LogP contribution in [0.2, 0.25) is 5.02 Å². The number of ether oxygens (including phenoxy) is 1. The van der Waals surface area contributed by atoms with E-state index in [1.165, 1.54) is 0 Å². The van der Waals surface area contributed by atoms with Gasteiger partial charge in [0.05, 0.1) is 11.9 Å². The highest BCUT2D eigenvalue weighted by atomic mass is 35.5. The molecule has 0 unspecified atom stereocenters. The average molecular weight is 406 g/mol. The average Bonchev–Trinajstić information content (AvgIpc) is 3.22. The summed E-state index contributed by atoms with van der Waals surface area (Å²) in [6.07, 6.45) is 5.36. The molecule has 1 aliphatic rings. The molecule has 0 radical (unpaired) electrons. The molecule has 0 amide bonds. The van der Waals surface area contributed by atoms with Gasteiger partial charge in [0.25, 0.3) is 0 Å². The number of anilines is 1. The summed E-state index contributed by atoms with van der Waals surface area (Å²) in [6.45, 7) is 4.23. The Morgan fingerprint density at radius 3 is 2.74 bits per heavy atom. The first-order valence-electron chi connectivity index (χ1n) is 9.31. The minimum absolute atomic E-state index is 0.482. The first-order valence-corrected chi connectivity index (χ1v) is 10.5. The van der Waals surface area contributed by atoms with Crippen LogP contribution in [-0.4, -0.2) is 58.9 Å². The van der Waals surface area contributed by atoms with E-state index in [-0.39, 0.29) is 0 Å². The molecule has 1 fully saturated rings. The molecule has 0 spiro atoms. The Morgan fingerprint density at radius 1 is 1.26 bits per heavy atom. The lowest BCUT2D eigenvalue weighted by atomic mass is 10.1. The maximum atomic E-state index is 5.96. The number of aromatic nitrogens is 3. The number of rotatable bonds is 7. The van der Waals surface area contributed by atoms with Crippen LogP contribution in [0, 0.1) is 0 Å². The Kier molecular flexibility index (Phi) is 5.92. The molecule has 0 atom stereocenters. The lowest BCUT2D eigenvalue weighted by Crippen LogP contribution is -2.39. The number of likely N-dealkylation sites (tertiary alicyclic amines) is 1. The Hall–Kier alpha value is -1.67. The molecule has 2 aromatic heterocycles. The van der Waals surface area contributed by atoms with Crippen LogP contribution >= 0.6 is 22.9 Å². The van der Waals surface area contributed by atoms with Gasteiger partial charge in [-0.25, -0.2) is 9.50 Å². The molecule has 0 bridgehead atoms. The maximum absolute atomic E-state index is 5.96. The summed E-state index contributed by atoms with van der Waals surface area (Å²) in [4.78, 5) is 8.12. The molecule has 8 heteroatoms. The molecular formula is C19H24ClN5OS. The smallest absolute Gasteiger partial charge is 0.214 e. The highest BCUT2D eigenvalue weighted by molar-refractivity contribution is 7.20. The molecule has 1 aromatic carbocycles. The van der Waals surface area contributed by atoms with E-state index in [2.05, 4.69) is 15.3 Å². The quantitative estimate of drug-likeness (QED) is 0.601. The molecular weight excluding hydrogens is 382 g/mol. The molecule has 1 N–H and O–H groups in total. The number of nitrogens with zero attached hydrogens (tertiary/aromatic N) is 4. The third-order valence-corrected chi connectivity index (χ3v) is 6.03. The zero-order valence-electron chi connectivity index (χ0n) is 15.4. The van der Waals surface area contributed by atoms with Gasteiger partial charge in [-0.3, -0.25) is 0 Å². The molecule has 1 aliphatic heterocycles. The Bertz CT molecular complexity index is 838. The van der Waals surface area contributed by atoms with Gasteiger partial charge in [-0.2, -0.15) is 0 Å². The van der Waals surface area contributed by atoms with E-state index in [1.807, 2.05) is 35.0 Å². The van der Waals surface area contributed by atoms with Crippen molar-refractivity contribution >= 4 is 33.0 Å². The number of imidazole rings is 1. The van der Waals surface area contributed by atoms with E-state index in [4.69, 9.17) is 21.3 Å². The first-order chi connectivity index (χ1) is 13.2. The third-order valence-electron chi connectivity index (χ3n) is 4.92. The van der Waals surface area contributed by atoms with Gasteiger partial charge in [0, 0.05) is 50.0 Å². The van der Waals surface area contributed by atoms with Gasteiger partial charge in [0.15, 0.2) is 0 Å². The molecule has 0 aliphatic carbocycles. The lowest BCUT2D eigenvalue weighted by molar-refractivity contribution is 0.159. The van der Waals surface area contributed by atoms with E-state index in [0.29, 0.717) is 6.04 Å². The number of benzene rings is 1. The molecule has 27 heavy (non-hydrogen) atoms. The number of fused-ring (bicyclic) bond motifs is 1. The number of methoxy groups -OCH3 is 1. The Morgan fingerprint density at radius 2 is 2.04 bits per heavy atom. The second-order valence-corrected chi connectivity index (χ2v) is 8.27. The van der Waals surface area contributed by atoms with E-state index in [9.17, 15) is 0 Å². The summed E-state index contributed by atoms with van der Waals surface area (Å²) >= 11 is 7.56. The van der Waals surface area contributed by atoms with Gasteiger partial charge in [-0.1, -0.05) is 35.1 Å². The van der Waals surface area contributed by atoms with Crippen molar-refractivity contribution in [3.63, 3.8) is 0 Å². The fraction of sp³-hybridized carbons (Fsp3) is 0.474. The summed E-state index contributed by atoms with van der Waals surface area (Å²) < 4.78 is 6.99. The Labute approximate surface area is 168 Å². The summed E-state index contributed by atoms with van der Waals surface area (Å²) in [5.41, 5.74) is 1.97. The molecule has 6 nitrogen and oxygen atoms in total. The number of nitrogens with one attached hydrogen (secondary N) is 1. The largest absolute Gasteiger partial charge is 0.385 e. The van der Waals surface area contributed by atoms with Crippen LogP contribution in [0.1, 0.15) is 19.3 Å². The van der Waals surface area contributed by atoms with Gasteiger partial charge >= 0.3 is 0 Å². The van der Waals surface area contributed by atoms with Crippen molar-refractivity contribution in [3.8, 4) is 11.3 Å². The fourth-order valence-electron chi connectivity index (χ4n) is 3.43. The lowest BCUT2D eigenvalue weighted by Gasteiger charge is -2.32. The molecule has 4 rings (SSSR count). The minimum Gasteiger partial charge on any atom is -0.385 e. The van der Waals surface area contributed by atoms with Crippen molar-refractivity contribution in [3.05, 3.63) is 35.5 Å². The second-order valence-electron chi connectivity index (χ2n) is 6.87. The van der Waals surface area contributed by atoms with Gasteiger partial charge in [-0.15, -0.1) is 5.10 Å². The number of piperidine rings is 1. The van der Waals surface area contributed by atoms with Crippen molar-refractivity contribution in [2.24, 2.45) is 0 Å². The third kappa shape index (κ3) is 4.60. The zero-order chi connectivity index (χ0) is 18.6. The summed E-state index contributed by atoms with van der Waals surface area (Å²) in [5, 5.41) is 9.92. The van der Waals surface area contributed by atoms with Crippen molar-refractivity contribution < 1.29 is 4.74 Å². The van der Waals surface area contributed by atoms with E-state index < -0.39 is 0 Å². The van der Waals surface area contributed by atoms with Gasteiger partial charge in [0.2, 0.25) is 10.1 Å². The van der Waals surface area contributed by atoms with Crippen LogP contribution in [0.25, 0.3) is 16.2 Å². The van der Waals surface area contributed by atoms with Crippen LogP contribution in [0.3, 0.4) is 0 Å². The number of hydrogen-bond acceptors (Lipinski definition) is 6. The minimum atomic E-state index is 0.482. The van der Waals surface area contributed by atoms with E-state index in [0.717, 1.165) is 71.9 Å². The number of halogens is 1. The van der Waals surface area contributed by atoms with Crippen molar-refractivity contribution in [1.29, 1.82) is 0 Å². The molecule has 144 valence electrons. The molecule has 1 saturated heterocycles. The summed E-state index contributed by atoms with van der Waals surface area (Å²) in [5.74, 6) is 0. The molecule has 3 heterocycles. The predicted molar refractivity (Wildman–Crippen MR) is 111 cm³/mol. The standard InChI is InChI=1S/C19H24ClN5OS/c1-26-12-2-9-24-10-7-16(8-11-24)21-18-23-25-13-17(22-19(25)27-18)14-3-5-15(20)6-4-14/h3-6,13,16H,2,7-12H2,1H3,(H,21,23). The van der Waals surface area contributed by atoms with E-state index in [1.54, 1.807) is 18.4 Å². The summed E-state index contributed by atoms with van der Waals surface area (Å²) in [6, 6.07) is 8.21. The van der Waals surface area contributed by atoms with Crippen molar-refractivity contribution in [2.45, 2.75) is 25.3 Å². The zero-order valence-corrected chi connectivity index (χ0v) is 17.0. The van der Waals surface area contributed by atoms with Crippen LogP contribution in [0.15, 0.2) is 30.5 Å². The Balaban J connectivity index is 1.34. The van der Waals surface area contributed by atoms with E-state index >= 15 is 0 Å². The second kappa shape index (κ2) is 8.56. The monoisotopic (exact) mass is 405 g/mol. The predicted octanol–water partition coefficient (Wildman–Crippen LogP) is 4.02.